The Kier molecular flexibility index (Phi) is 7.13. The van der Waals surface area contributed by atoms with E-state index in [1.54, 1.807) is 0 Å². The summed E-state index contributed by atoms with van der Waals surface area (Å²) in [6.07, 6.45) is 2.14. The Bertz CT molecular complexity index is 953. The molecule has 2 heteroatoms. The maximum absolute atomic E-state index is 5.61. The van der Waals surface area contributed by atoms with Crippen LogP contribution in [-0.4, -0.2) is 6.61 Å². The van der Waals surface area contributed by atoms with Crippen molar-refractivity contribution in [3.05, 3.63) is 100.0 Å². The first-order chi connectivity index (χ1) is 13.6. The second-order valence-electron chi connectivity index (χ2n) is 7.85. The van der Waals surface area contributed by atoms with Crippen LogP contribution in [0.1, 0.15) is 64.2 Å². The van der Waals surface area contributed by atoms with E-state index in [1.807, 2.05) is 6.92 Å². The molecule has 1 aliphatic heterocycles. The van der Waals surface area contributed by atoms with E-state index in [0.717, 1.165) is 28.1 Å². The lowest BCUT2D eigenvalue weighted by Gasteiger charge is -2.35. The van der Waals surface area contributed by atoms with Gasteiger partial charge in [0, 0.05) is 22.9 Å². The van der Waals surface area contributed by atoms with Gasteiger partial charge in [-0.25, -0.2) is 0 Å². The third-order valence-electron chi connectivity index (χ3n) is 5.53. The molecule has 1 heterocycles. The van der Waals surface area contributed by atoms with Crippen molar-refractivity contribution in [2.24, 2.45) is 0 Å². The molecule has 1 unspecified atom stereocenters. The summed E-state index contributed by atoms with van der Waals surface area (Å²) in [6, 6.07) is 6.47. The fraction of sp³-hybridized carbons (Fsp3) is 0.333. The quantitative estimate of drug-likeness (QED) is 0.493. The fourth-order valence-corrected chi connectivity index (χ4v) is 4.05. The van der Waals surface area contributed by atoms with Crippen LogP contribution in [0.25, 0.3) is 5.76 Å². The molecule has 0 fully saturated rings. The molecule has 0 saturated carbocycles. The van der Waals surface area contributed by atoms with Crippen LogP contribution in [0.3, 0.4) is 0 Å². The highest BCUT2D eigenvalue weighted by Gasteiger charge is 2.32. The van der Waals surface area contributed by atoms with E-state index >= 15 is 0 Å². The Morgan fingerprint density at radius 3 is 2.17 bits per heavy atom. The highest BCUT2D eigenvalue weighted by Crippen LogP contribution is 2.45. The molecule has 1 N–H and O–H groups in total. The molecule has 0 radical (unpaired) electrons. The van der Waals surface area contributed by atoms with E-state index in [0.29, 0.717) is 12.4 Å². The molecule has 0 aliphatic carbocycles. The lowest BCUT2D eigenvalue weighted by molar-refractivity contribution is 0.299. The lowest BCUT2D eigenvalue weighted by atomic mass is 9.74. The average Bonchev–Trinajstić information content (AvgIpc) is 2.65. The van der Waals surface area contributed by atoms with Crippen molar-refractivity contribution < 1.29 is 4.74 Å². The molecular weight excluding hydrogens is 354 g/mol. The number of hydrogen-bond acceptors (Lipinski definition) is 2. The summed E-state index contributed by atoms with van der Waals surface area (Å²) in [5, 5.41) is 3.63. The number of rotatable bonds is 7. The van der Waals surface area contributed by atoms with Crippen molar-refractivity contribution in [3.63, 3.8) is 0 Å². The van der Waals surface area contributed by atoms with Crippen LogP contribution in [0.2, 0.25) is 0 Å². The molecule has 0 aromatic heterocycles. The zero-order valence-electron chi connectivity index (χ0n) is 19.1. The summed E-state index contributed by atoms with van der Waals surface area (Å²) >= 11 is 0. The number of aryl methyl sites for hydroxylation is 1. The Morgan fingerprint density at radius 1 is 1.07 bits per heavy atom. The maximum Gasteiger partial charge on any atom is 0.119 e. The second-order valence-corrected chi connectivity index (χ2v) is 7.85. The first-order valence-electron chi connectivity index (χ1n) is 10.2. The van der Waals surface area contributed by atoms with Crippen LogP contribution < -0.4 is 5.32 Å². The topological polar surface area (TPSA) is 21.3 Å². The molecule has 29 heavy (non-hydrogen) atoms. The van der Waals surface area contributed by atoms with Crippen LogP contribution in [0, 0.1) is 6.92 Å². The Hall–Kier alpha value is -2.74. The summed E-state index contributed by atoms with van der Waals surface area (Å²) in [5.74, 6) is 0.797. The molecule has 1 atom stereocenters. The number of benzene rings is 1. The summed E-state index contributed by atoms with van der Waals surface area (Å²) in [7, 11) is 0. The molecule has 2 rings (SSSR count). The number of dihydropyridines is 1. The standard InChI is InChI=1S/C27H35NO/c1-11-18(7)27-25(17(5)6)26(24(16(3)4)20(9)28-27)23-14-13-22(15-19(23)8)21(10)29-12-2/h11,13-15,26,28H,3,5,10,12H2,1-2,4,6-9H3/b18-11-. The van der Waals surface area contributed by atoms with Crippen molar-refractivity contribution in [3.8, 4) is 0 Å². The van der Waals surface area contributed by atoms with Gasteiger partial charge in [-0.3, -0.25) is 0 Å². The molecule has 1 aromatic carbocycles. The van der Waals surface area contributed by atoms with Crippen molar-refractivity contribution in [2.45, 2.75) is 54.4 Å². The van der Waals surface area contributed by atoms with E-state index < -0.39 is 0 Å². The van der Waals surface area contributed by atoms with Gasteiger partial charge in [0.1, 0.15) is 5.76 Å². The average molecular weight is 390 g/mol. The van der Waals surface area contributed by atoms with Gasteiger partial charge in [0.15, 0.2) is 0 Å². The van der Waals surface area contributed by atoms with Gasteiger partial charge in [-0.05, 0) is 82.4 Å². The van der Waals surface area contributed by atoms with Gasteiger partial charge in [-0.15, -0.1) is 0 Å². The van der Waals surface area contributed by atoms with Crippen molar-refractivity contribution in [1.82, 2.24) is 5.32 Å². The maximum atomic E-state index is 5.61. The van der Waals surface area contributed by atoms with Crippen molar-refractivity contribution in [1.29, 1.82) is 0 Å². The number of hydrogen-bond donors (Lipinski definition) is 1. The van der Waals surface area contributed by atoms with Gasteiger partial charge in [-0.2, -0.15) is 0 Å². The predicted octanol–water partition coefficient (Wildman–Crippen LogP) is 7.34. The zero-order chi connectivity index (χ0) is 21.9. The van der Waals surface area contributed by atoms with Crippen molar-refractivity contribution in [2.75, 3.05) is 6.61 Å². The molecule has 0 amide bonds. The Morgan fingerprint density at radius 2 is 1.69 bits per heavy atom. The van der Waals surface area contributed by atoms with Crippen LogP contribution in [0.15, 0.2) is 83.3 Å². The smallest absolute Gasteiger partial charge is 0.119 e. The number of allylic oxidation sites excluding steroid dienone is 7. The van der Waals surface area contributed by atoms with Crippen LogP contribution in [0.4, 0.5) is 0 Å². The van der Waals surface area contributed by atoms with Gasteiger partial charge in [0.2, 0.25) is 0 Å². The van der Waals surface area contributed by atoms with Gasteiger partial charge >= 0.3 is 0 Å². The predicted molar refractivity (Wildman–Crippen MR) is 127 cm³/mol. The summed E-state index contributed by atoms with van der Waals surface area (Å²) in [5.41, 5.74) is 11.6. The van der Waals surface area contributed by atoms with Crippen LogP contribution in [0.5, 0.6) is 0 Å². The van der Waals surface area contributed by atoms with E-state index in [4.69, 9.17) is 4.74 Å². The third-order valence-corrected chi connectivity index (χ3v) is 5.53. The summed E-state index contributed by atoms with van der Waals surface area (Å²) in [4.78, 5) is 0. The molecule has 0 spiro atoms. The molecule has 0 bridgehead atoms. The molecule has 0 saturated heterocycles. The first kappa shape index (κ1) is 22.5. The van der Waals surface area contributed by atoms with Gasteiger partial charge in [0.25, 0.3) is 0 Å². The second kappa shape index (κ2) is 9.17. The van der Waals surface area contributed by atoms with Gasteiger partial charge in [-0.1, -0.05) is 49.1 Å². The van der Waals surface area contributed by atoms with E-state index in [-0.39, 0.29) is 5.92 Å². The minimum atomic E-state index is 0.0885. The zero-order valence-corrected chi connectivity index (χ0v) is 19.1. The molecule has 1 aliphatic rings. The molecular formula is C27H35NO. The highest BCUT2D eigenvalue weighted by molar-refractivity contribution is 5.64. The molecule has 154 valence electrons. The highest BCUT2D eigenvalue weighted by atomic mass is 16.5. The van der Waals surface area contributed by atoms with Crippen molar-refractivity contribution >= 4 is 5.76 Å². The fourth-order valence-electron chi connectivity index (χ4n) is 4.05. The summed E-state index contributed by atoms with van der Waals surface area (Å²) < 4.78 is 5.61. The van der Waals surface area contributed by atoms with Gasteiger partial charge in [0.05, 0.1) is 6.61 Å². The number of nitrogens with one attached hydrogen (secondary N) is 1. The lowest BCUT2D eigenvalue weighted by Crippen LogP contribution is -2.27. The van der Waals surface area contributed by atoms with E-state index in [9.17, 15) is 0 Å². The Labute approximate surface area is 177 Å². The normalized spacial score (nSPS) is 17.2. The number of ether oxygens (including phenoxy) is 1. The Balaban J connectivity index is 2.76. The van der Waals surface area contributed by atoms with Gasteiger partial charge < -0.3 is 10.1 Å². The largest absolute Gasteiger partial charge is 0.494 e. The van der Waals surface area contributed by atoms with E-state index in [1.165, 1.54) is 27.8 Å². The molecule has 1 aromatic rings. The minimum absolute atomic E-state index is 0.0885. The SMILES string of the molecule is C=C(C)C1=C(C)NC(/C(C)=C\C)=C(C(=C)C)C1c1ccc(C(=C)OCC)cc1C. The first-order valence-corrected chi connectivity index (χ1v) is 10.2. The van der Waals surface area contributed by atoms with Crippen LogP contribution in [-0.2, 0) is 4.74 Å². The molecule has 2 nitrogen and oxygen atoms in total. The minimum Gasteiger partial charge on any atom is -0.494 e. The monoisotopic (exact) mass is 389 g/mol. The van der Waals surface area contributed by atoms with Crippen LogP contribution >= 0.6 is 0 Å². The summed E-state index contributed by atoms with van der Waals surface area (Å²) in [6.45, 7) is 27.9. The third kappa shape index (κ3) is 4.48. The van der Waals surface area contributed by atoms with E-state index in [2.05, 4.69) is 90.9 Å².